The first kappa shape index (κ1) is 28.5. The van der Waals surface area contributed by atoms with Gasteiger partial charge in [0.2, 0.25) is 0 Å². The molecule has 0 aromatic heterocycles. The van der Waals surface area contributed by atoms with Gasteiger partial charge in [0, 0.05) is 0 Å². The maximum atomic E-state index is 6.10. The Labute approximate surface area is 204 Å². The van der Waals surface area contributed by atoms with Crippen LogP contribution in [-0.2, 0) is 16.0 Å². The number of aryl methyl sites for hydroxylation is 2. The maximum absolute atomic E-state index is 6.10. The zero-order chi connectivity index (χ0) is 24.0. The highest BCUT2D eigenvalue weighted by atomic mass is 35.5. The van der Waals surface area contributed by atoms with E-state index >= 15 is 0 Å². The highest BCUT2D eigenvalue weighted by Crippen LogP contribution is 2.30. The summed E-state index contributed by atoms with van der Waals surface area (Å²) in [5.74, 6) is 1.75. The van der Waals surface area contributed by atoms with E-state index in [1.54, 1.807) is 12.3 Å². The lowest BCUT2D eigenvalue weighted by molar-refractivity contribution is -0.0589. The van der Waals surface area contributed by atoms with Crippen LogP contribution in [0.3, 0.4) is 0 Å². The van der Waals surface area contributed by atoms with Gasteiger partial charge in [-0.05, 0) is 96.1 Å². The van der Waals surface area contributed by atoms with Gasteiger partial charge in [0.05, 0.1) is 24.5 Å². The molecule has 0 aliphatic rings. The second-order valence-corrected chi connectivity index (χ2v) is 9.65. The molecule has 0 spiro atoms. The fraction of sp³-hybridized carbons (Fsp3) is 0.600. The van der Waals surface area contributed by atoms with E-state index in [0.717, 1.165) is 60.4 Å². The van der Waals surface area contributed by atoms with Crippen molar-refractivity contribution in [3.63, 3.8) is 0 Å². The zero-order valence-electron chi connectivity index (χ0n) is 20.4. The van der Waals surface area contributed by atoms with Gasteiger partial charge >= 0.3 is 0 Å². The van der Waals surface area contributed by atoms with Gasteiger partial charge in [-0.15, -0.1) is 0 Å². The average Bonchev–Trinajstić information content (AvgIpc) is 2.71. The van der Waals surface area contributed by atoms with Gasteiger partial charge < -0.3 is 14.2 Å². The molecule has 0 amide bonds. The molecule has 0 radical (unpaired) electrons. The number of hydrogen-bond donors (Lipinski definition) is 1. The van der Waals surface area contributed by atoms with Crippen molar-refractivity contribution in [3.05, 3.63) is 45.8 Å². The Morgan fingerprint density at radius 2 is 1.72 bits per heavy atom. The first-order chi connectivity index (χ1) is 15.1. The van der Waals surface area contributed by atoms with Crippen LogP contribution >= 0.6 is 23.2 Å². The highest BCUT2D eigenvalue weighted by molar-refractivity contribution is 6.55. The molecule has 7 heteroatoms. The van der Waals surface area contributed by atoms with Crippen molar-refractivity contribution >= 4 is 23.2 Å². The van der Waals surface area contributed by atoms with Crippen LogP contribution in [0.2, 0.25) is 0 Å². The number of rotatable bonds is 15. The van der Waals surface area contributed by atoms with Crippen LogP contribution in [0.4, 0.5) is 0 Å². The summed E-state index contributed by atoms with van der Waals surface area (Å²) in [7, 11) is 0. The number of allylic oxidation sites excluding steroid dienone is 1. The lowest BCUT2D eigenvalue weighted by atomic mass is 10.1. The van der Waals surface area contributed by atoms with Crippen molar-refractivity contribution in [2.45, 2.75) is 79.2 Å². The quantitative estimate of drug-likeness (QED) is 0.158. The smallest absolute Gasteiger partial charge is 0.125 e. The minimum Gasteiger partial charge on any atom is -0.499 e. The Morgan fingerprint density at radius 1 is 1.03 bits per heavy atom. The van der Waals surface area contributed by atoms with Crippen LogP contribution in [0.5, 0.6) is 11.5 Å². The van der Waals surface area contributed by atoms with Crippen LogP contribution < -0.4 is 15.0 Å². The lowest BCUT2D eigenvalue weighted by Gasteiger charge is -2.19. The van der Waals surface area contributed by atoms with Gasteiger partial charge in [0.15, 0.2) is 0 Å². The van der Waals surface area contributed by atoms with Crippen LogP contribution in [0, 0.1) is 6.92 Å². The van der Waals surface area contributed by atoms with E-state index in [2.05, 4.69) is 12.4 Å². The predicted octanol–water partition coefficient (Wildman–Crippen LogP) is 7.39. The van der Waals surface area contributed by atoms with E-state index in [9.17, 15) is 0 Å². The van der Waals surface area contributed by atoms with Gasteiger partial charge in [-0.1, -0.05) is 30.1 Å². The first-order valence-electron chi connectivity index (χ1n) is 11.2. The Kier molecular flexibility index (Phi) is 13.6. The molecule has 0 saturated heterocycles. The van der Waals surface area contributed by atoms with Crippen LogP contribution in [-0.4, -0.2) is 25.4 Å². The summed E-state index contributed by atoms with van der Waals surface area (Å²) < 4.78 is 17.6. The molecular weight excluding hydrogens is 449 g/mol. The Hall–Kier alpha value is -1.56. The molecule has 1 N–H and O–H groups in total. The molecular formula is C25H39Cl2NO4. The van der Waals surface area contributed by atoms with Gasteiger partial charge in [-0.3, -0.25) is 10.3 Å². The summed E-state index contributed by atoms with van der Waals surface area (Å²) >= 11 is 11.2. The fourth-order valence-corrected chi connectivity index (χ4v) is 2.95. The number of unbranched alkanes of at least 4 members (excludes halogenated alkanes) is 3. The Bertz CT molecular complexity index is 738. The van der Waals surface area contributed by atoms with Crippen molar-refractivity contribution in [2.24, 2.45) is 0 Å². The van der Waals surface area contributed by atoms with Crippen molar-refractivity contribution < 1.29 is 19.0 Å². The van der Waals surface area contributed by atoms with Crippen molar-refractivity contribution in [3.8, 4) is 11.5 Å². The molecule has 0 atom stereocenters. The molecule has 5 nitrogen and oxygen atoms in total. The molecule has 1 aromatic rings. The summed E-state index contributed by atoms with van der Waals surface area (Å²) in [5, 5.41) is 0. The average molecular weight is 488 g/mol. The third kappa shape index (κ3) is 13.1. The molecule has 0 aliphatic carbocycles. The van der Waals surface area contributed by atoms with E-state index < -0.39 is 0 Å². The largest absolute Gasteiger partial charge is 0.499 e. The maximum Gasteiger partial charge on any atom is 0.125 e. The molecule has 0 unspecified atom stereocenters. The zero-order valence-corrected chi connectivity index (χ0v) is 21.9. The van der Waals surface area contributed by atoms with E-state index in [1.165, 1.54) is 0 Å². The highest BCUT2D eigenvalue weighted by Gasteiger charge is 2.10. The van der Waals surface area contributed by atoms with E-state index in [0.29, 0.717) is 19.8 Å². The van der Waals surface area contributed by atoms with Crippen LogP contribution in [0.1, 0.15) is 71.4 Å². The minimum atomic E-state index is -0.236. The monoisotopic (exact) mass is 487 g/mol. The second kappa shape index (κ2) is 15.3. The molecule has 0 bridgehead atoms. The first-order valence-corrected chi connectivity index (χ1v) is 12.0. The van der Waals surface area contributed by atoms with Crippen molar-refractivity contribution in [1.29, 1.82) is 0 Å². The van der Waals surface area contributed by atoms with Gasteiger partial charge in [0.25, 0.3) is 0 Å². The molecule has 0 fully saturated rings. The third-order valence-electron chi connectivity index (χ3n) is 4.37. The van der Waals surface area contributed by atoms with E-state index in [-0.39, 0.29) is 10.1 Å². The summed E-state index contributed by atoms with van der Waals surface area (Å²) in [6, 6.07) is 4.01. The lowest BCUT2D eigenvalue weighted by Crippen LogP contribution is -2.28. The van der Waals surface area contributed by atoms with Gasteiger partial charge in [0.1, 0.15) is 28.9 Å². The standard InChI is InChI=1S/C25H39Cl2NO4/c1-7-21-17-22(30-15-12-23(26)27)16-19(2)24(21)31-14-11-9-8-10-13-29-18-20(3)28-32-25(4,5)6/h12,16-18,28H,7-11,13-15H2,1-6H3. The summed E-state index contributed by atoms with van der Waals surface area (Å²) in [5.41, 5.74) is 5.71. The number of halogens is 2. The molecule has 1 aromatic carbocycles. The number of nitrogens with one attached hydrogen (secondary N) is 1. The summed E-state index contributed by atoms with van der Waals surface area (Å²) in [6.45, 7) is 13.8. The number of hydroxylamine groups is 1. The second-order valence-electron chi connectivity index (χ2n) is 8.64. The minimum absolute atomic E-state index is 0.207. The number of benzene rings is 1. The molecule has 0 aliphatic heterocycles. The van der Waals surface area contributed by atoms with Crippen LogP contribution in [0.25, 0.3) is 0 Å². The SMILES string of the molecule is CCc1cc(OCC=C(Cl)Cl)cc(C)c1OCCCCCCOC=C(C)NOC(C)(C)C. The normalized spacial score (nSPS) is 11.8. The van der Waals surface area contributed by atoms with Gasteiger partial charge in [-0.2, -0.15) is 0 Å². The molecule has 182 valence electrons. The number of ether oxygens (including phenoxy) is 3. The Balaban J connectivity index is 2.28. The van der Waals surface area contributed by atoms with Gasteiger partial charge in [-0.25, -0.2) is 0 Å². The number of hydrogen-bond acceptors (Lipinski definition) is 5. The Morgan fingerprint density at radius 3 is 2.34 bits per heavy atom. The fourth-order valence-electron chi connectivity index (χ4n) is 2.82. The molecule has 0 heterocycles. The van der Waals surface area contributed by atoms with E-state index in [1.807, 2.05) is 46.8 Å². The molecule has 1 rings (SSSR count). The summed E-state index contributed by atoms with van der Waals surface area (Å²) in [6.07, 6.45) is 8.42. The molecule has 0 saturated carbocycles. The third-order valence-corrected chi connectivity index (χ3v) is 4.68. The van der Waals surface area contributed by atoms with Crippen LogP contribution in [0.15, 0.2) is 34.7 Å². The topological polar surface area (TPSA) is 49.0 Å². The van der Waals surface area contributed by atoms with E-state index in [4.69, 9.17) is 42.3 Å². The predicted molar refractivity (Wildman–Crippen MR) is 133 cm³/mol. The van der Waals surface area contributed by atoms with Crippen molar-refractivity contribution in [2.75, 3.05) is 19.8 Å². The summed E-state index contributed by atoms with van der Waals surface area (Å²) in [4.78, 5) is 5.48. The van der Waals surface area contributed by atoms with Crippen molar-refractivity contribution in [1.82, 2.24) is 5.48 Å². The molecule has 32 heavy (non-hydrogen) atoms.